The molecular weight excluding hydrogens is 243 g/mol. The van der Waals surface area contributed by atoms with E-state index in [1.165, 1.54) is 10.6 Å². The van der Waals surface area contributed by atoms with Gasteiger partial charge in [-0.15, -0.1) is 0 Å². The minimum atomic E-state index is -4.84. The van der Waals surface area contributed by atoms with Gasteiger partial charge < -0.3 is 10.1 Å². The van der Waals surface area contributed by atoms with E-state index in [-0.39, 0.29) is 0 Å². The van der Waals surface area contributed by atoms with Gasteiger partial charge in [-0.25, -0.2) is 4.79 Å². The Bertz CT molecular complexity index is 316. The van der Waals surface area contributed by atoms with E-state index >= 15 is 0 Å². The van der Waals surface area contributed by atoms with Gasteiger partial charge in [-0.05, 0) is 0 Å². The Morgan fingerprint density at radius 2 is 1.88 bits per heavy atom. The van der Waals surface area contributed by atoms with Gasteiger partial charge in [-0.2, -0.15) is 22.0 Å². The Hall–Kier alpha value is -1.45. The third kappa shape index (κ3) is 2.78. The molecule has 16 heavy (non-hydrogen) atoms. The largest absolute Gasteiger partial charge is 0.411 e. The van der Waals surface area contributed by atoms with Gasteiger partial charge in [0.1, 0.15) is 6.61 Å². The van der Waals surface area contributed by atoms with E-state index in [1.807, 2.05) is 0 Å². The summed E-state index contributed by atoms with van der Waals surface area (Å²) in [5.74, 6) is -6.26. The monoisotopic (exact) mass is 248 g/mol. The third-order valence-corrected chi connectivity index (χ3v) is 1.53. The highest BCUT2D eigenvalue weighted by Crippen LogP contribution is 2.25. The second kappa shape index (κ2) is 3.85. The first-order valence-corrected chi connectivity index (χ1v) is 3.81. The van der Waals surface area contributed by atoms with Crippen molar-refractivity contribution in [3.63, 3.8) is 0 Å². The Morgan fingerprint density at radius 1 is 1.31 bits per heavy atom. The van der Waals surface area contributed by atoms with Crippen LogP contribution in [0.4, 0.5) is 26.7 Å². The molecule has 0 aromatic heterocycles. The molecule has 0 spiro atoms. The van der Waals surface area contributed by atoms with Crippen molar-refractivity contribution in [3.8, 4) is 0 Å². The van der Waals surface area contributed by atoms with Gasteiger partial charge in [-0.3, -0.25) is 10.1 Å². The molecule has 1 saturated heterocycles. The number of urea groups is 1. The molecule has 0 aromatic rings. The van der Waals surface area contributed by atoms with E-state index in [0.29, 0.717) is 0 Å². The predicted molar refractivity (Wildman–Crippen MR) is 37.4 cm³/mol. The number of imide groups is 1. The van der Waals surface area contributed by atoms with Crippen molar-refractivity contribution in [2.24, 2.45) is 0 Å². The van der Waals surface area contributed by atoms with Gasteiger partial charge in [0.25, 0.3) is 0 Å². The van der Waals surface area contributed by atoms with Crippen LogP contribution >= 0.6 is 0 Å². The average molecular weight is 248 g/mol. The van der Waals surface area contributed by atoms with Crippen LogP contribution < -0.4 is 10.6 Å². The number of rotatable bonds is 2. The molecule has 1 unspecified atom stereocenters. The lowest BCUT2D eigenvalue weighted by Crippen LogP contribution is -2.66. The normalized spacial score (nSPS) is 24.9. The molecule has 1 aliphatic heterocycles. The summed E-state index contributed by atoms with van der Waals surface area (Å²) in [5, 5.41) is 2.56. The van der Waals surface area contributed by atoms with Gasteiger partial charge in [0.15, 0.2) is 0 Å². The number of nitrogens with one attached hydrogen (secondary N) is 2. The van der Waals surface area contributed by atoms with Gasteiger partial charge in [0, 0.05) is 0 Å². The highest BCUT2D eigenvalue weighted by Gasteiger charge is 2.54. The van der Waals surface area contributed by atoms with Crippen LogP contribution in [0, 0.1) is 0 Å². The van der Waals surface area contributed by atoms with Crippen molar-refractivity contribution in [1.82, 2.24) is 10.6 Å². The second-order valence-corrected chi connectivity index (χ2v) is 2.86. The van der Waals surface area contributed by atoms with Crippen molar-refractivity contribution in [2.45, 2.75) is 18.3 Å². The first-order chi connectivity index (χ1) is 7.13. The molecule has 1 heterocycles. The zero-order chi connectivity index (χ0) is 12.6. The molecule has 0 saturated carbocycles. The summed E-state index contributed by atoms with van der Waals surface area (Å²) in [6.07, 6.45) is -7.47. The summed E-state index contributed by atoms with van der Waals surface area (Å²) in [6.45, 7) is -2.00. The maximum Gasteiger partial charge on any atom is 0.411 e. The van der Waals surface area contributed by atoms with Gasteiger partial charge in [0.05, 0.1) is 0 Å². The van der Waals surface area contributed by atoms with Crippen LogP contribution in [0.2, 0.25) is 0 Å². The molecule has 2 N–H and O–H groups in total. The molecule has 1 atom stereocenters. The van der Waals surface area contributed by atoms with Gasteiger partial charge in [0.2, 0.25) is 6.23 Å². The van der Waals surface area contributed by atoms with Crippen LogP contribution in [0.3, 0.4) is 0 Å². The molecule has 1 fully saturated rings. The fraction of sp³-hybridized carbons (Fsp3) is 0.667. The van der Waals surface area contributed by atoms with Crippen LogP contribution in [0.25, 0.3) is 0 Å². The smallest absolute Gasteiger partial charge is 0.342 e. The van der Waals surface area contributed by atoms with E-state index in [2.05, 4.69) is 4.74 Å². The average Bonchev–Trinajstić information content (AvgIpc) is 2.08. The second-order valence-electron chi connectivity index (χ2n) is 2.86. The molecule has 92 valence electrons. The Morgan fingerprint density at radius 3 is 2.38 bits per heavy atom. The fourth-order valence-corrected chi connectivity index (χ4v) is 0.875. The van der Waals surface area contributed by atoms with Crippen molar-refractivity contribution in [1.29, 1.82) is 0 Å². The lowest BCUT2D eigenvalue weighted by atomic mass is 10.2. The lowest BCUT2D eigenvalue weighted by Gasteiger charge is -2.30. The quantitative estimate of drug-likeness (QED) is 0.693. The number of carbonyl (C=O) groups excluding carboxylic acids is 2. The van der Waals surface area contributed by atoms with E-state index in [0.717, 1.165) is 0 Å². The molecule has 5 nitrogen and oxygen atoms in total. The van der Waals surface area contributed by atoms with Crippen molar-refractivity contribution in [2.75, 3.05) is 6.61 Å². The number of amides is 3. The van der Waals surface area contributed by atoms with Crippen LogP contribution in [-0.2, 0) is 9.53 Å². The van der Waals surface area contributed by atoms with Crippen LogP contribution in [0.15, 0.2) is 0 Å². The number of alkyl halides is 5. The molecule has 0 bridgehead atoms. The number of halogens is 5. The maximum absolute atomic E-state index is 12.9. The standard InChI is InChI=1S/C6H5F5N2O3/c7-5(8,9)1-16-3-6(10,11)2(14)12-4(15)13-3/h3H,1H2,(H2,12,13,14,15). The number of hydrogen-bond donors (Lipinski definition) is 2. The van der Waals surface area contributed by atoms with Crippen LogP contribution in [0.1, 0.15) is 0 Å². The van der Waals surface area contributed by atoms with E-state index in [4.69, 9.17) is 0 Å². The number of carbonyl (C=O) groups is 2. The molecule has 1 rings (SSSR count). The van der Waals surface area contributed by atoms with Crippen molar-refractivity contribution >= 4 is 11.9 Å². The number of hydrogen-bond acceptors (Lipinski definition) is 3. The fourth-order valence-electron chi connectivity index (χ4n) is 0.875. The van der Waals surface area contributed by atoms with Crippen molar-refractivity contribution < 1.29 is 36.3 Å². The highest BCUT2D eigenvalue weighted by atomic mass is 19.4. The Kier molecular flexibility index (Phi) is 3.03. The minimum Gasteiger partial charge on any atom is -0.342 e. The molecule has 0 aliphatic carbocycles. The molecule has 3 amide bonds. The summed E-state index contributed by atoms with van der Waals surface area (Å²) in [6, 6.07) is -1.34. The number of ether oxygens (including phenoxy) is 1. The maximum atomic E-state index is 12.9. The molecule has 1 aliphatic rings. The zero-order valence-corrected chi connectivity index (χ0v) is 7.40. The summed E-state index contributed by atoms with van der Waals surface area (Å²) >= 11 is 0. The minimum absolute atomic E-state index is 1.20. The lowest BCUT2D eigenvalue weighted by molar-refractivity contribution is -0.223. The summed E-state index contributed by atoms with van der Waals surface area (Å²) in [5.41, 5.74) is 0. The first-order valence-electron chi connectivity index (χ1n) is 3.81. The Labute approximate surface area is 84.9 Å². The van der Waals surface area contributed by atoms with E-state index < -0.39 is 36.9 Å². The van der Waals surface area contributed by atoms with E-state index in [9.17, 15) is 31.5 Å². The van der Waals surface area contributed by atoms with Gasteiger partial charge >= 0.3 is 24.0 Å². The third-order valence-electron chi connectivity index (χ3n) is 1.53. The topological polar surface area (TPSA) is 67.4 Å². The molecular formula is C6H5F5N2O3. The highest BCUT2D eigenvalue weighted by molar-refractivity contribution is 6.01. The van der Waals surface area contributed by atoms with Crippen molar-refractivity contribution in [3.05, 3.63) is 0 Å². The summed E-state index contributed by atoms with van der Waals surface area (Å²) < 4.78 is 64.5. The predicted octanol–water partition coefficient (Wildman–Crippen LogP) is 0.366. The first kappa shape index (κ1) is 12.6. The zero-order valence-electron chi connectivity index (χ0n) is 7.40. The molecule has 0 radical (unpaired) electrons. The summed E-state index contributed by atoms with van der Waals surface area (Å²) in [4.78, 5) is 21.1. The molecule has 0 aromatic carbocycles. The molecule has 10 heteroatoms. The van der Waals surface area contributed by atoms with Crippen LogP contribution in [0.5, 0.6) is 0 Å². The Balaban J connectivity index is 2.69. The summed E-state index contributed by atoms with van der Waals surface area (Å²) in [7, 11) is 0. The van der Waals surface area contributed by atoms with Crippen LogP contribution in [-0.4, -0.2) is 36.9 Å². The van der Waals surface area contributed by atoms with E-state index in [1.54, 1.807) is 0 Å². The van der Waals surface area contributed by atoms with Gasteiger partial charge in [-0.1, -0.05) is 0 Å². The SMILES string of the molecule is O=C1NC(=O)C(F)(F)C(OCC(F)(F)F)N1.